The van der Waals surface area contributed by atoms with Gasteiger partial charge in [0.05, 0.1) is 23.0 Å². The average Bonchev–Trinajstić information content (AvgIpc) is 3.32. The monoisotopic (exact) mass is 524 g/mol. The number of nitrogens with two attached hydrogens (primary N) is 1. The number of anilines is 1. The number of nitrogens with zero attached hydrogens (tertiary/aromatic N) is 2. The molecule has 9 heteroatoms. The van der Waals surface area contributed by atoms with Crippen LogP contribution in [0.4, 0.5) is 18.9 Å². The van der Waals surface area contributed by atoms with Crippen LogP contribution in [0.15, 0.2) is 42.7 Å². The van der Waals surface area contributed by atoms with Crippen LogP contribution < -0.4 is 11.1 Å². The van der Waals surface area contributed by atoms with Crippen LogP contribution in [-0.4, -0.2) is 27.0 Å². The Hall–Kier alpha value is -3.30. The fraction of sp³-hybridized carbons (Fsp3) is 0.414. The molecule has 2 fully saturated rings. The molecule has 2 heterocycles. The summed E-state index contributed by atoms with van der Waals surface area (Å²) < 4.78 is 45.0. The minimum absolute atomic E-state index is 0.0624. The number of hydrogen-bond acceptors (Lipinski definition) is 5. The van der Waals surface area contributed by atoms with Crippen molar-refractivity contribution >= 4 is 11.6 Å². The molecule has 2 saturated carbocycles. The van der Waals surface area contributed by atoms with Crippen molar-refractivity contribution in [3.8, 4) is 11.3 Å². The SMILES string of the molecule is C[C@@H]1C[C@@H](N)C[C@H](c2ccncc2NC(=O)c2ccc(F)c(-c3c(F)cc(C4(O)CCCC4)cc3F)n2)C1. The fourth-order valence-electron chi connectivity index (χ4n) is 6.02. The third-order valence-electron chi connectivity index (χ3n) is 7.85. The average molecular weight is 525 g/mol. The highest BCUT2D eigenvalue weighted by molar-refractivity contribution is 6.03. The van der Waals surface area contributed by atoms with Crippen molar-refractivity contribution in [3.63, 3.8) is 0 Å². The molecule has 3 aromatic rings. The van der Waals surface area contributed by atoms with Gasteiger partial charge in [-0.15, -0.1) is 0 Å². The van der Waals surface area contributed by atoms with Crippen molar-refractivity contribution in [1.29, 1.82) is 0 Å². The van der Waals surface area contributed by atoms with E-state index < -0.39 is 40.2 Å². The van der Waals surface area contributed by atoms with E-state index in [1.165, 1.54) is 6.20 Å². The number of hydrogen-bond donors (Lipinski definition) is 3. The fourth-order valence-corrected chi connectivity index (χ4v) is 6.02. The Labute approximate surface area is 219 Å². The summed E-state index contributed by atoms with van der Waals surface area (Å²) in [5.74, 6) is -3.17. The van der Waals surface area contributed by atoms with E-state index in [1.807, 2.05) is 6.07 Å². The Morgan fingerprint density at radius 1 is 1.05 bits per heavy atom. The van der Waals surface area contributed by atoms with Gasteiger partial charge in [-0.25, -0.2) is 18.2 Å². The van der Waals surface area contributed by atoms with E-state index in [9.17, 15) is 14.3 Å². The molecular formula is C29H31F3N4O2. The number of amides is 1. The minimum Gasteiger partial charge on any atom is -0.385 e. The van der Waals surface area contributed by atoms with E-state index in [2.05, 4.69) is 22.2 Å². The second-order valence-electron chi connectivity index (χ2n) is 10.8. The predicted octanol–water partition coefficient (Wildman–Crippen LogP) is 5.81. The Balaban J connectivity index is 1.44. The zero-order valence-electron chi connectivity index (χ0n) is 21.2. The van der Waals surface area contributed by atoms with Crippen LogP contribution in [0.25, 0.3) is 11.3 Å². The quantitative estimate of drug-likeness (QED) is 0.391. The molecule has 6 nitrogen and oxygen atoms in total. The molecule has 5 rings (SSSR count). The van der Waals surface area contributed by atoms with Crippen LogP contribution in [0.1, 0.15) is 79.4 Å². The number of carbonyl (C=O) groups excluding carboxylic acids is 1. The summed E-state index contributed by atoms with van der Waals surface area (Å²) in [4.78, 5) is 21.3. The molecule has 2 aromatic heterocycles. The van der Waals surface area contributed by atoms with Gasteiger partial charge in [0.25, 0.3) is 5.91 Å². The van der Waals surface area contributed by atoms with Crippen molar-refractivity contribution < 1.29 is 23.1 Å². The topological polar surface area (TPSA) is 101 Å². The molecule has 3 atom stereocenters. The van der Waals surface area contributed by atoms with Crippen molar-refractivity contribution in [2.75, 3.05) is 5.32 Å². The van der Waals surface area contributed by atoms with Crippen LogP contribution in [0.2, 0.25) is 0 Å². The molecule has 200 valence electrons. The second kappa shape index (κ2) is 10.5. The number of rotatable bonds is 5. The molecule has 0 saturated heterocycles. The molecule has 0 spiro atoms. The maximum absolute atomic E-state index is 15.1. The van der Waals surface area contributed by atoms with Crippen LogP contribution in [0, 0.1) is 23.4 Å². The van der Waals surface area contributed by atoms with Gasteiger partial charge in [-0.2, -0.15) is 0 Å². The smallest absolute Gasteiger partial charge is 0.274 e. The van der Waals surface area contributed by atoms with Gasteiger partial charge in [0.2, 0.25) is 0 Å². The standard InChI is InChI=1S/C29H31F3N4O2/c1-16-10-17(12-19(33)11-16)20-6-9-34-15-25(20)36-28(37)24-5-4-21(30)27(35-24)26-22(31)13-18(14-23(26)32)29(38)7-2-3-8-29/h4-6,9,13-17,19,38H,2-3,7-8,10-12,33H2,1H3,(H,36,37)/t16-,17+,19+/m0/s1. The highest BCUT2D eigenvalue weighted by Crippen LogP contribution is 2.41. The van der Waals surface area contributed by atoms with Crippen molar-refractivity contribution in [2.45, 2.75) is 69.4 Å². The summed E-state index contributed by atoms with van der Waals surface area (Å²) in [6, 6.07) is 6.07. The minimum atomic E-state index is -1.31. The number of benzene rings is 1. The number of halogens is 3. The molecule has 0 unspecified atom stereocenters. The predicted molar refractivity (Wildman–Crippen MR) is 138 cm³/mol. The molecule has 0 bridgehead atoms. The Morgan fingerprint density at radius 2 is 1.76 bits per heavy atom. The Kier molecular flexibility index (Phi) is 7.24. The third-order valence-corrected chi connectivity index (χ3v) is 7.85. The van der Waals surface area contributed by atoms with E-state index in [0.29, 0.717) is 24.4 Å². The van der Waals surface area contributed by atoms with Gasteiger partial charge < -0.3 is 16.2 Å². The first kappa shape index (κ1) is 26.3. The van der Waals surface area contributed by atoms with E-state index in [-0.39, 0.29) is 23.2 Å². The number of pyridine rings is 2. The van der Waals surface area contributed by atoms with Gasteiger partial charge in [0, 0.05) is 12.2 Å². The summed E-state index contributed by atoms with van der Waals surface area (Å²) in [6.07, 6.45) is 8.13. The van der Waals surface area contributed by atoms with Gasteiger partial charge in [-0.1, -0.05) is 19.8 Å². The first-order chi connectivity index (χ1) is 18.1. The van der Waals surface area contributed by atoms with Crippen LogP contribution in [0.3, 0.4) is 0 Å². The summed E-state index contributed by atoms with van der Waals surface area (Å²) in [5.41, 5.74) is 4.92. The van der Waals surface area contributed by atoms with Gasteiger partial charge in [0.1, 0.15) is 28.8 Å². The summed E-state index contributed by atoms with van der Waals surface area (Å²) in [7, 11) is 0. The molecule has 38 heavy (non-hydrogen) atoms. The largest absolute Gasteiger partial charge is 0.385 e. The highest BCUT2D eigenvalue weighted by Gasteiger charge is 2.35. The highest BCUT2D eigenvalue weighted by atomic mass is 19.1. The molecule has 2 aliphatic rings. The second-order valence-corrected chi connectivity index (χ2v) is 10.8. The van der Waals surface area contributed by atoms with Crippen LogP contribution >= 0.6 is 0 Å². The molecular weight excluding hydrogens is 493 g/mol. The molecule has 4 N–H and O–H groups in total. The number of aliphatic hydroxyl groups is 1. The Bertz CT molecular complexity index is 1330. The van der Waals surface area contributed by atoms with E-state index in [1.54, 1.807) is 6.20 Å². The van der Waals surface area contributed by atoms with Crippen LogP contribution in [-0.2, 0) is 5.60 Å². The van der Waals surface area contributed by atoms with Gasteiger partial charge in [0.15, 0.2) is 0 Å². The van der Waals surface area contributed by atoms with Gasteiger partial charge in [-0.05, 0) is 85.4 Å². The van der Waals surface area contributed by atoms with Crippen LogP contribution in [0.5, 0.6) is 0 Å². The summed E-state index contributed by atoms with van der Waals surface area (Å²) in [5, 5.41) is 13.5. The maximum atomic E-state index is 15.1. The van der Waals surface area contributed by atoms with Crippen molar-refractivity contribution in [2.24, 2.45) is 11.7 Å². The lowest BCUT2D eigenvalue weighted by molar-refractivity contribution is 0.0438. The number of aromatic nitrogens is 2. The lowest BCUT2D eigenvalue weighted by atomic mass is 9.76. The van der Waals surface area contributed by atoms with E-state index >= 15 is 8.78 Å². The molecule has 1 amide bonds. The van der Waals surface area contributed by atoms with Crippen molar-refractivity contribution in [1.82, 2.24) is 9.97 Å². The molecule has 0 aliphatic heterocycles. The first-order valence-electron chi connectivity index (χ1n) is 13.0. The zero-order chi connectivity index (χ0) is 27.0. The van der Waals surface area contributed by atoms with Crippen molar-refractivity contribution in [3.05, 3.63) is 77.0 Å². The first-order valence-corrected chi connectivity index (χ1v) is 13.0. The van der Waals surface area contributed by atoms with E-state index in [0.717, 1.165) is 61.9 Å². The molecule has 0 radical (unpaired) electrons. The lowest BCUT2D eigenvalue weighted by Crippen LogP contribution is -2.31. The molecule has 2 aliphatic carbocycles. The lowest BCUT2D eigenvalue weighted by Gasteiger charge is -2.32. The summed E-state index contributed by atoms with van der Waals surface area (Å²) >= 11 is 0. The maximum Gasteiger partial charge on any atom is 0.274 e. The zero-order valence-corrected chi connectivity index (χ0v) is 21.2. The Morgan fingerprint density at radius 3 is 2.45 bits per heavy atom. The molecule has 1 aromatic carbocycles. The van der Waals surface area contributed by atoms with E-state index in [4.69, 9.17) is 5.73 Å². The number of carbonyl (C=O) groups is 1. The summed E-state index contributed by atoms with van der Waals surface area (Å²) in [6.45, 7) is 2.15. The van der Waals surface area contributed by atoms with Gasteiger partial charge in [-0.3, -0.25) is 9.78 Å². The normalized spacial score (nSPS) is 22.8. The third kappa shape index (κ3) is 5.17. The van der Waals surface area contributed by atoms with Gasteiger partial charge >= 0.3 is 0 Å². The number of nitrogens with one attached hydrogen (secondary N) is 1.